The average molecular weight is 203 g/mol. The predicted molar refractivity (Wildman–Crippen MR) is 54.4 cm³/mol. The van der Waals surface area contributed by atoms with E-state index in [0.717, 1.165) is 32.4 Å². The van der Waals surface area contributed by atoms with Gasteiger partial charge in [0, 0.05) is 46.3 Å². The topological polar surface area (TPSA) is 50.7 Å². The highest BCUT2D eigenvalue weighted by atomic mass is 16.5. The zero-order valence-electron chi connectivity index (χ0n) is 8.92. The molecule has 1 rings (SSSR count). The largest absolute Gasteiger partial charge is 0.388 e. The molecule has 1 fully saturated rings. The van der Waals surface area contributed by atoms with Crippen molar-refractivity contribution in [3.05, 3.63) is 0 Å². The Labute approximate surface area is 85.6 Å². The zero-order valence-corrected chi connectivity index (χ0v) is 8.92. The number of methoxy groups -OCH3 is 1. The van der Waals surface area contributed by atoms with Crippen molar-refractivity contribution in [1.29, 1.82) is 0 Å². The first-order valence-electron chi connectivity index (χ1n) is 5.27. The third-order valence-corrected chi connectivity index (χ3v) is 2.58. The summed E-state index contributed by atoms with van der Waals surface area (Å²) in [7, 11) is 1.70. The van der Waals surface area contributed by atoms with Crippen LogP contribution in [0.4, 0.5) is 0 Å². The number of nitrogens with one attached hydrogen (secondary N) is 1. The van der Waals surface area contributed by atoms with Crippen LogP contribution < -0.4 is 5.32 Å². The van der Waals surface area contributed by atoms with Gasteiger partial charge < -0.3 is 19.9 Å². The van der Waals surface area contributed by atoms with Crippen LogP contribution in [0.1, 0.15) is 19.3 Å². The molecule has 1 heterocycles. The molecule has 0 aromatic heterocycles. The molecule has 4 nitrogen and oxygen atoms in total. The first-order valence-corrected chi connectivity index (χ1v) is 5.27. The first kappa shape index (κ1) is 11.9. The Morgan fingerprint density at radius 3 is 2.79 bits per heavy atom. The summed E-state index contributed by atoms with van der Waals surface area (Å²) in [6, 6.07) is 0. The van der Waals surface area contributed by atoms with Crippen molar-refractivity contribution in [2.24, 2.45) is 0 Å². The lowest BCUT2D eigenvalue weighted by atomic mass is 9.94. The molecule has 0 spiro atoms. The van der Waals surface area contributed by atoms with Gasteiger partial charge in [-0.3, -0.25) is 0 Å². The van der Waals surface area contributed by atoms with Crippen molar-refractivity contribution < 1.29 is 14.6 Å². The Morgan fingerprint density at radius 2 is 2.14 bits per heavy atom. The van der Waals surface area contributed by atoms with Crippen LogP contribution in [0.3, 0.4) is 0 Å². The number of ether oxygens (including phenoxy) is 2. The minimum Gasteiger partial charge on any atom is -0.388 e. The van der Waals surface area contributed by atoms with Crippen LogP contribution in [-0.2, 0) is 9.47 Å². The van der Waals surface area contributed by atoms with Gasteiger partial charge in [-0.15, -0.1) is 0 Å². The van der Waals surface area contributed by atoms with Gasteiger partial charge in [0.05, 0.1) is 5.60 Å². The van der Waals surface area contributed by atoms with E-state index >= 15 is 0 Å². The van der Waals surface area contributed by atoms with E-state index in [9.17, 15) is 5.11 Å². The Morgan fingerprint density at radius 1 is 1.43 bits per heavy atom. The predicted octanol–water partition coefficient (Wildman–Crippen LogP) is 0.154. The van der Waals surface area contributed by atoms with Crippen LogP contribution in [-0.4, -0.2) is 50.7 Å². The van der Waals surface area contributed by atoms with Gasteiger partial charge in [-0.2, -0.15) is 0 Å². The van der Waals surface area contributed by atoms with Crippen LogP contribution in [0.15, 0.2) is 0 Å². The number of hydrogen-bond donors (Lipinski definition) is 2. The molecular weight excluding hydrogens is 182 g/mol. The molecule has 0 bridgehead atoms. The fourth-order valence-corrected chi connectivity index (χ4v) is 1.59. The van der Waals surface area contributed by atoms with Gasteiger partial charge in [-0.25, -0.2) is 0 Å². The fourth-order valence-electron chi connectivity index (χ4n) is 1.59. The van der Waals surface area contributed by atoms with Crippen molar-refractivity contribution in [3.63, 3.8) is 0 Å². The van der Waals surface area contributed by atoms with E-state index in [2.05, 4.69) is 5.32 Å². The van der Waals surface area contributed by atoms with E-state index in [1.807, 2.05) is 0 Å². The molecule has 0 saturated carbocycles. The molecule has 0 aliphatic carbocycles. The summed E-state index contributed by atoms with van der Waals surface area (Å²) in [5.41, 5.74) is -0.550. The summed E-state index contributed by atoms with van der Waals surface area (Å²) in [6.45, 7) is 3.69. The van der Waals surface area contributed by atoms with E-state index < -0.39 is 5.60 Å². The Hall–Kier alpha value is -0.160. The van der Waals surface area contributed by atoms with Crippen molar-refractivity contribution in [2.75, 3.05) is 40.0 Å². The molecular formula is C10H21NO3. The van der Waals surface area contributed by atoms with Crippen molar-refractivity contribution in [1.82, 2.24) is 5.32 Å². The maximum atomic E-state index is 10.1. The molecule has 0 atom stereocenters. The standard InChI is InChI=1S/C10H21NO3/c1-13-6-2-5-11-9-10(12)3-7-14-8-4-10/h11-12H,2-9H2,1H3. The third kappa shape index (κ3) is 4.37. The molecule has 84 valence electrons. The fraction of sp³-hybridized carbons (Fsp3) is 1.00. The minimum atomic E-state index is -0.550. The van der Waals surface area contributed by atoms with Crippen molar-refractivity contribution in [2.45, 2.75) is 24.9 Å². The molecule has 1 aliphatic rings. The second kappa shape index (κ2) is 6.35. The van der Waals surface area contributed by atoms with Crippen molar-refractivity contribution in [3.8, 4) is 0 Å². The first-order chi connectivity index (χ1) is 6.77. The Bertz CT molecular complexity index is 146. The molecule has 0 unspecified atom stereocenters. The summed E-state index contributed by atoms with van der Waals surface area (Å²) in [5.74, 6) is 0. The molecule has 4 heteroatoms. The number of rotatable bonds is 6. The third-order valence-electron chi connectivity index (χ3n) is 2.58. The molecule has 1 aliphatic heterocycles. The summed E-state index contributed by atoms with van der Waals surface area (Å²) in [4.78, 5) is 0. The van der Waals surface area contributed by atoms with Crippen LogP contribution in [0.2, 0.25) is 0 Å². The van der Waals surface area contributed by atoms with Crippen LogP contribution in [0, 0.1) is 0 Å². The molecule has 0 amide bonds. The van der Waals surface area contributed by atoms with Gasteiger partial charge in [-0.05, 0) is 13.0 Å². The van der Waals surface area contributed by atoms with Gasteiger partial charge in [0.25, 0.3) is 0 Å². The van der Waals surface area contributed by atoms with Crippen LogP contribution >= 0.6 is 0 Å². The Kier molecular flexibility index (Phi) is 5.40. The van der Waals surface area contributed by atoms with Gasteiger partial charge in [-0.1, -0.05) is 0 Å². The number of hydrogen-bond acceptors (Lipinski definition) is 4. The van der Waals surface area contributed by atoms with Gasteiger partial charge in [0.1, 0.15) is 0 Å². The maximum Gasteiger partial charge on any atom is 0.0815 e. The van der Waals surface area contributed by atoms with E-state index in [1.54, 1.807) is 7.11 Å². The second-order valence-corrected chi connectivity index (χ2v) is 3.86. The summed E-state index contributed by atoms with van der Waals surface area (Å²) < 4.78 is 10.1. The summed E-state index contributed by atoms with van der Waals surface area (Å²) in [5, 5.41) is 13.3. The number of aliphatic hydroxyl groups is 1. The minimum absolute atomic E-state index is 0.550. The SMILES string of the molecule is COCCCNCC1(O)CCOCC1. The van der Waals surface area contributed by atoms with Crippen molar-refractivity contribution >= 4 is 0 Å². The maximum absolute atomic E-state index is 10.1. The lowest BCUT2D eigenvalue weighted by Gasteiger charge is -2.32. The van der Waals surface area contributed by atoms with E-state index in [-0.39, 0.29) is 0 Å². The van der Waals surface area contributed by atoms with Gasteiger partial charge in [0.2, 0.25) is 0 Å². The molecule has 14 heavy (non-hydrogen) atoms. The van der Waals surface area contributed by atoms with Crippen LogP contribution in [0.5, 0.6) is 0 Å². The van der Waals surface area contributed by atoms with E-state index in [0.29, 0.717) is 19.8 Å². The molecule has 0 aromatic carbocycles. The average Bonchev–Trinajstić information content (AvgIpc) is 2.18. The summed E-state index contributed by atoms with van der Waals surface area (Å²) in [6.07, 6.45) is 2.47. The van der Waals surface area contributed by atoms with E-state index in [1.165, 1.54) is 0 Å². The molecule has 0 aromatic rings. The van der Waals surface area contributed by atoms with Crippen LogP contribution in [0.25, 0.3) is 0 Å². The van der Waals surface area contributed by atoms with Gasteiger partial charge >= 0.3 is 0 Å². The second-order valence-electron chi connectivity index (χ2n) is 3.86. The highest BCUT2D eigenvalue weighted by Crippen LogP contribution is 2.18. The highest BCUT2D eigenvalue weighted by Gasteiger charge is 2.28. The van der Waals surface area contributed by atoms with Gasteiger partial charge in [0.15, 0.2) is 0 Å². The highest BCUT2D eigenvalue weighted by molar-refractivity contribution is 4.83. The molecule has 0 radical (unpaired) electrons. The monoisotopic (exact) mass is 203 g/mol. The zero-order chi connectivity index (χ0) is 10.3. The quantitative estimate of drug-likeness (QED) is 0.604. The smallest absolute Gasteiger partial charge is 0.0815 e. The molecule has 1 saturated heterocycles. The summed E-state index contributed by atoms with van der Waals surface area (Å²) >= 11 is 0. The lowest BCUT2D eigenvalue weighted by Crippen LogP contribution is -2.45. The molecule has 2 N–H and O–H groups in total. The van der Waals surface area contributed by atoms with E-state index in [4.69, 9.17) is 9.47 Å². The normalized spacial score (nSPS) is 21.0. The lowest BCUT2D eigenvalue weighted by molar-refractivity contribution is -0.0615. The Balaban J connectivity index is 2.03.